The van der Waals surface area contributed by atoms with Crippen molar-refractivity contribution in [2.45, 2.75) is 51.2 Å². The second kappa shape index (κ2) is 6.91. The maximum absolute atomic E-state index is 5.79. The molecule has 3 heterocycles. The van der Waals surface area contributed by atoms with Gasteiger partial charge in [-0.3, -0.25) is 10.7 Å². The molecule has 23 heavy (non-hydrogen) atoms. The van der Waals surface area contributed by atoms with E-state index in [1.54, 1.807) is 17.5 Å². The molecule has 0 amide bonds. The molecule has 2 fully saturated rings. The average Bonchev–Trinajstić information content (AvgIpc) is 2.99. The number of benzene rings is 1. The Kier molecular flexibility index (Phi) is 4.90. The summed E-state index contributed by atoms with van der Waals surface area (Å²) >= 11 is 1.72. The summed E-state index contributed by atoms with van der Waals surface area (Å²) in [6.45, 7) is 4.64. The SMILES string of the molecule is CCC1CC2C[C@H](C)N12.NN/C=C(\N)c1ccc2sccc2c1. The molecule has 2 aliphatic heterocycles. The standard InChI is InChI=1S/C10H11N3S.C8H15N/c11-9(6-13-12)7-1-2-10-8(5-7)3-4-14-10;1-3-7-5-8-4-6(2)9(7)8/h1-6,13H,11-12H2;6-8H,3-5H2,1-2H3/b9-6-;/t;6-,7?,8?/m.0/s1. The van der Waals surface area contributed by atoms with Crippen LogP contribution in [-0.2, 0) is 0 Å². The molecule has 5 heteroatoms. The minimum absolute atomic E-state index is 0.639. The number of hydrogen-bond donors (Lipinski definition) is 3. The molecule has 2 aromatic rings. The zero-order chi connectivity index (χ0) is 16.4. The third-order valence-electron chi connectivity index (χ3n) is 5.01. The molecule has 0 saturated carbocycles. The van der Waals surface area contributed by atoms with Crippen molar-refractivity contribution < 1.29 is 0 Å². The average molecular weight is 331 g/mol. The van der Waals surface area contributed by atoms with E-state index in [0.29, 0.717) is 5.70 Å². The van der Waals surface area contributed by atoms with Crippen molar-refractivity contribution in [3.63, 3.8) is 0 Å². The zero-order valence-electron chi connectivity index (χ0n) is 13.8. The highest BCUT2D eigenvalue weighted by atomic mass is 32.1. The molecule has 0 bridgehead atoms. The Morgan fingerprint density at radius 2 is 2.22 bits per heavy atom. The molecule has 2 saturated heterocycles. The van der Waals surface area contributed by atoms with Gasteiger partial charge in [0.25, 0.3) is 0 Å². The molecule has 2 unspecified atom stereocenters. The lowest BCUT2D eigenvalue weighted by Crippen LogP contribution is -2.68. The van der Waals surface area contributed by atoms with Gasteiger partial charge in [-0.1, -0.05) is 13.0 Å². The Balaban J connectivity index is 0.000000149. The van der Waals surface area contributed by atoms with Crippen LogP contribution in [0, 0.1) is 0 Å². The maximum atomic E-state index is 5.79. The highest BCUT2D eigenvalue weighted by molar-refractivity contribution is 7.17. The van der Waals surface area contributed by atoms with Crippen molar-refractivity contribution in [2.75, 3.05) is 0 Å². The summed E-state index contributed by atoms with van der Waals surface area (Å²) in [6, 6.07) is 11.0. The number of thiophene rings is 1. The number of hydrazine groups is 1. The summed E-state index contributed by atoms with van der Waals surface area (Å²) in [6.07, 6.45) is 5.89. The van der Waals surface area contributed by atoms with Crippen LogP contribution in [0.15, 0.2) is 35.8 Å². The molecule has 4 rings (SSSR count). The molecular weight excluding hydrogens is 304 g/mol. The summed E-state index contributed by atoms with van der Waals surface area (Å²) in [5, 5.41) is 3.27. The van der Waals surface area contributed by atoms with Crippen LogP contribution in [0.3, 0.4) is 0 Å². The van der Waals surface area contributed by atoms with E-state index in [-0.39, 0.29) is 0 Å². The van der Waals surface area contributed by atoms with Gasteiger partial charge in [-0.2, -0.15) is 0 Å². The van der Waals surface area contributed by atoms with Crippen molar-refractivity contribution in [1.29, 1.82) is 0 Å². The van der Waals surface area contributed by atoms with Crippen molar-refractivity contribution in [2.24, 2.45) is 11.6 Å². The molecule has 0 radical (unpaired) electrons. The normalized spacial score (nSPS) is 26.6. The first-order valence-electron chi connectivity index (χ1n) is 8.30. The Morgan fingerprint density at radius 1 is 1.39 bits per heavy atom. The van der Waals surface area contributed by atoms with Gasteiger partial charge in [-0.25, -0.2) is 0 Å². The molecule has 5 N–H and O–H groups in total. The number of nitrogens with two attached hydrogens (primary N) is 2. The first-order valence-corrected chi connectivity index (χ1v) is 9.18. The highest BCUT2D eigenvalue weighted by Crippen LogP contribution is 2.42. The molecule has 124 valence electrons. The molecule has 1 aromatic heterocycles. The fourth-order valence-electron chi connectivity index (χ4n) is 3.73. The van der Waals surface area contributed by atoms with Crippen LogP contribution in [0.5, 0.6) is 0 Å². The number of nitrogens with zero attached hydrogens (tertiary/aromatic N) is 1. The van der Waals surface area contributed by atoms with Gasteiger partial charge in [0.05, 0.1) is 5.70 Å². The first kappa shape index (κ1) is 16.3. The third-order valence-corrected chi connectivity index (χ3v) is 5.90. The van der Waals surface area contributed by atoms with E-state index in [9.17, 15) is 0 Å². The Hall–Kier alpha value is -1.56. The Morgan fingerprint density at radius 3 is 2.83 bits per heavy atom. The molecular formula is C18H26N4S. The lowest BCUT2D eigenvalue weighted by molar-refractivity contribution is -0.111. The van der Waals surface area contributed by atoms with E-state index in [1.165, 1.54) is 29.3 Å². The molecule has 1 aromatic carbocycles. The van der Waals surface area contributed by atoms with Crippen molar-refractivity contribution in [1.82, 2.24) is 10.3 Å². The molecule has 2 aliphatic rings. The van der Waals surface area contributed by atoms with Crippen LogP contribution in [0.1, 0.15) is 38.7 Å². The van der Waals surface area contributed by atoms with Gasteiger partial charge in [0, 0.05) is 29.0 Å². The zero-order valence-corrected chi connectivity index (χ0v) is 14.6. The van der Waals surface area contributed by atoms with Crippen LogP contribution in [0.4, 0.5) is 0 Å². The smallest absolute Gasteiger partial charge is 0.0561 e. The lowest BCUT2D eigenvalue weighted by atomic mass is 9.77. The van der Waals surface area contributed by atoms with Crippen molar-refractivity contribution in [3.8, 4) is 0 Å². The lowest BCUT2D eigenvalue weighted by Gasteiger charge is -2.61. The fourth-order valence-corrected chi connectivity index (χ4v) is 4.50. The topological polar surface area (TPSA) is 67.3 Å². The summed E-state index contributed by atoms with van der Waals surface area (Å²) in [4.78, 5) is 2.67. The van der Waals surface area contributed by atoms with E-state index < -0.39 is 0 Å². The van der Waals surface area contributed by atoms with E-state index in [1.807, 2.05) is 6.07 Å². The molecule has 0 aliphatic carbocycles. The minimum atomic E-state index is 0.639. The van der Waals surface area contributed by atoms with Crippen molar-refractivity contribution >= 4 is 27.1 Å². The second-order valence-electron chi connectivity index (χ2n) is 6.42. The van der Waals surface area contributed by atoms with Gasteiger partial charge >= 0.3 is 0 Å². The predicted octanol–water partition coefficient (Wildman–Crippen LogP) is 3.25. The molecule has 4 nitrogen and oxygen atoms in total. The number of rotatable bonds is 3. The van der Waals surface area contributed by atoms with Gasteiger partial charge in [0.1, 0.15) is 0 Å². The van der Waals surface area contributed by atoms with Crippen LogP contribution in [-0.4, -0.2) is 23.0 Å². The number of nitrogens with one attached hydrogen (secondary N) is 1. The van der Waals surface area contributed by atoms with E-state index in [2.05, 4.69) is 47.8 Å². The minimum Gasteiger partial charge on any atom is -0.397 e. The number of piperidine rings is 1. The van der Waals surface area contributed by atoms with Gasteiger partial charge in [-0.15, -0.1) is 11.3 Å². The largest absolute Gasteiger partial charge is 0.397 e. The molecule has 3 atom stereocenters. The van der Waals surface area contributed by atoms with E-state index >= 15 is 0 Å². The molecule has 0 spiro atoms. The van der Waals surface area contributed by atoms with Crippen LogP contribution in [0.25, 0.3) is 15.8 Å². The van der Waals surface area contributed by atoms with E-state index in [4.69, 9.17) is 11.6 Å². The fraction of sp³-hybridized carbons (Fsp3) is 0.444. The Labute approximate surface area is 142 Å². The van der Waals surface area contributed by atoms with Gasteiger partial charge in [0.15, 0.2) is 0 Å². The number of hydrogen-bond acceptors (Lipinski definition) is 5. The van der Waals surface area contributed by atoms with Gasteiger partial charge in [-0.05, 0) is 60.7 Å². The van der Waals surface area contributed by atoms with Crippen molar-refractivity contribution in [3.05, 3.63) is 41.4 Å². The second-order valence-corrected chi connectivity index (χ2v) is 7.37. The van der Waals surface area contributed by atoms with Crippen LogP contribution >= 0.6 is 11.3 Å². The van der Waals surface area contributed by atoms with Gasteiger partial charge in [0.2, 0.25) is 0 Å². The predicted molar refractivity (Wildman–Crippen MR) is 99.7 cm³/mol. The van der Waals surface area contributed by atoms with Crippen LogP contribution in [0.2, 0.25) is 0 Å². The summed E-state index contributed by atoms with van der Waals surface area (Å²) in [5.74, 6) is 5.16. The summed E-state index contributed by atoms with van der Waals surface area (Å²) < 4.78 is 1.27. The Bertz CT molecular complexity index is 689. The van der Waals surface area contributed by atoms with Crippen LogP contribution < -0.4 is 17.0 Å². The number of fused-ring (bicyclic) bond motifs is 2. The summed E-state index contributed by atoms with van der Waals surface area (Å²) in [5.41, 5.74) is 9.83. The highest BCUT2D eigenvalue weighted by Gasteiger charge is 2.47. The third kappa shape index (κ3) is 3.22. The summed E-state index contributed by atoms with van der Waals surface area (Å²) in [7, 11) is 0. The van der Waals surface area contributed by atoms with Gasteiger partial charge < -0.3 is 11.2 Å². The van der Waals surface area contributed by atoms with E-state index in [0.717, 1.165) is 23.7 Å². The monoisotopic (exact) mass is 330 g/mol. The first-order chi connectivity index (χ1) is 11.1. The quantitative estimate of drug-likeness (QED) is 0.597. The maximum Gasteiger partial charge on any atom is 0.0561 e.